The second-order valence-electron chi connectivity index (χ2n) is 5.37. The number of aromatic nitrogens is 1. The van der Waals surface area contributed by atoms with Gasteiger partial charge in [-0.1, -0.05) is 11.8 Å². The van der Waals surface area contributed by atoms with Crippen LogP contribution in [-0.2, 0) is 0 Å². The van der Waals surface area contributed by atoms with Crippen molar-refractivity contribution in [2.45, 2.75) is 32.2 Å². The molecule has 1 fully saturated rings. The van der Waals surface area contributed by atoms with Crippen LogP contribution in [0.1, 0.15) is 42.6 Å². The fourth-order valence-corrected chi connectivity index (χ4v) is 2.05. The summed E-state index contributed by atoms with van der Waals surface area (Å²) in [7, 11) is 0. The number of aliphatic hydroxyl groups excluding tert-OH is 1. The highest BCUT2D eigenvalue weighted by Gasteiger charge is 2.38. The molecule has 4 heteroatoms. The standard InChI is InChI=1S/C15H18N2O2/c1-15(2,13-5-6-13)17-14(19)12-8-11(4-3-7-18)9-16-10-12/h8-10,13,18H,5-7H2,1-2H3,(H,17,19). The third kappa shape index (κ3) is 3.55. The van der Waals surface area contributed by atoms with Gasteiger partial charge >= 0.3 is 0 Å². The molecule has 1 aromatic heterocycles. The molecule has 19 heavy (non-hydrogen) atoms. The molecule has 1 aromatic rings. The van der Waals surface area contributed by atoms with Crippen LogP contribution in [0.15, 0.2) is 18.5 Å². The first kappa shape index (κ1) is 13.6. The van der Waals surface area contributed by atoms with Crippen molar-refractivity contribution in [1.82, 2.24) is 10.3 Å². The third-order valence-corrected chi connectivity index (χ3v) is 3.35. The lowest BCUT2D eigenvalue weighted by Gasteiger charge is -2.26. The van der Waals surface area contributed by atoms with Gasteiger partial charge in [-0.2, -0.15) is 0 Å². The Hall–Kier alpha value is -1.86. The van der Waals surface area contributed by atoms with Crippen LogP contribution in [0.2, 0.25) is 0 Å². The highest BCUT2D eigenvalue weighted by Crippen LogP contribution is 2.39. The van der Waals surface area contributed by atoms with Gasteiger partial charge in [0.2, 0.25) is 0 Å². The highest BCUT2D eigenvalue weighted by molar-refractivity contribution is 5.94. The molecular weight excluding hydrogens is 240 g/mol. The molecule has 0 spiro atoms. The predicted octanol–water partition coefficient (Wildman–Crippen LogP) is 1.34. The lowest BCUT2D eigenvalue weighted by molar-refractivity contribution is 0.0903. The molecule has 1 aliphatic carbocycles. The van der Waals surface area contributed by atoms with E-state index in [1.54, 1.807) is 12.3 Å². The van der Waals surface area contributed by atoms with E-state index >= 15 is 0 Å². The van der Waals surface area contributed by atoms with E-state index in [-0.39, 0.29) is 18.1 Å². The highest BCUT2D eigenvalue weighted by atomic mass is 16.2. The zero-order valence-corrected chi connectivity index (χ0v) is 11.2. The minimum absolute atomic E-state index is 0.128. The Labute approximate surface area is 113 Å². The van der Waals surface area contributed by atoms with Crippen molar-refractivity contribution in [2.75, 3.05) is 6.61 Å². The molecule has 0 radical (unpaired) electrons. The van der Waals surface area contributed by atoms with Gasteiger partial charge in [-0.15, -0.1) is 0 Å². The number of pyridine rings is 1. The summed E-state index contributed by atoms with van der Waals surface area (Å²) in [5, 5.41) is 11.7. The molecule has 1 amide bonds. The number of nitrogens with one attached hydrogen (secondary N) is 1. The maximum atomic E-state index is 12.2. The molecule has 1 heterocycles. The summed E-state index contributed by atoms with van der Waals surface area (Å²) < 4.78 is 0. The Morgan fingerprint density at radius 1 is 1.53 bits per heavy atom. The van der Waals surface area contributed by atoms with E-state index < -0.39 is 0 Å². The monoisotopic (exact) mass is 258 g/mol. The van der Waals surface area contributed by atoms with Gasteiger partial charge < -0.3 is 10.4 Å². The van der Waals surface area contributed by atoms with Crippen LogP contribution in [0, 0.1) is 17.8 Å². The van der Waals surface area contributed by atoms with Crippen LogP contribution in [0.4, 0.5) is 0 Å². The van der Waals surface area contributed by atoms with Crippen LogP contribution in [-0.4, -0.2) is 28.1 Å². The number of hydrogen-bond acceptors (Lipinski definition) is 3. The van der Waals surface area contributed by atoms with Crippen molar-refractivity contribution < 1.29 is 9.90 Å². The predicted molar refractivity (Wildman–Crippen MR) is 72.5 cm³/mol. The van der Waals surface area contributed by atoms with E-state index in [2.05, 4.69) is 22.1 Å². The number of carbonyl (C=O) groups excluding carboxylic acids is 1. The average Bonchev–Trinajstić information content (AvgIpc) is 3.20. The van der Waals surface area contributed by atoms with E-state index in [0.717, 1.165) is 0 Å². The van der Waals surface area contributed by atoms with Gasteiger partial charge in [-0.05, 0) is 38.7 Å². The van der Waals surface area contributed by atoms with Gasteiger partial charge in [0.05, 0.1) is 5.56 Å². The van der Waals surface area contributed by atoms with Crippen LogP contribution >= 0.6 is 0 Å². The van der Waals surface area contributed by atoms with E-state index in [1.807, 2.05) is 13.8 Å². The Morgan fingerprint density at radius 2 is 2.26 bits per heavy atom. The average molecular weight is 258 g/mol. The SMILES string of the molecule is CC(C)(NC(=O)c1cncc(C#CCO)c1)C1CC1. The van der Waals surface area contributed by atoms with E-state index in [9.17, 15) is 4.79 Å². The molecule has 0 aromatic carbocycles. The number of amides is 1. The van der Waals surface area contributed by atoms with Crippen molar-refractivity contribution >= 4 is 5.91 Å². The molecule has 0 aliphatic heterocycles. The maximum absolute atomic E-state index is 12.2. The molecule has 0 bridgehead atoms. The first-order chi connectivity index (χ1) is 9.03. The third-order valence-electron chi connectivity index (χ3n) is 3.35. The Morgan fingerprint density at radius 3 is 2.89 bits per heavy atom. The Bertz CT molecular complexity index is 537. The van der Waals surface area contributed by atoms with Gasteiger partial charge in [0.1, 0.15) is 6.61 Å². The van der Waals surface area contributed by atoms with Crippen molar-refractivity contribution in [3.05, 3.63) is 29.6 Å². The minimum Gasteiger partial charge on any atom is -0.384 e. The van der Waals surface area contributed by atoms with Crippen molar-refractivity contribution in [1.29, 1.82) is 0 Å². The number of hydrogen-bond donors (Lipinski definition) is 2. The summed E-state index contributed by atoms with van der Waals surface area (Å²) in [6.07, 6.45) is 5.45. The van der Waals surface area contributed by atoms with Crippen molar-refractivity contribution in [3.63, 3.8) is 0 Å². The summed E-state index contributed by atoms with van der Waals surface area (Å²) in [6.45, 7) is 3.89. The van der Waals surface area contributed by atoms with Crippen molar-refractivity contribution in [3.8, 4) is 11.8 Å². The molecule has 0 atom stereocenters. The zero-order chi connectivity index (χ0) is 13.9. The molecule has 1 saturated carbocycles. The van der Waals surface area contributed by atoms with Gasteiger partial charge in [0.15, 0.2) is 0 Å². The van der Waals surface area contributed by atoms with Crippen LogP contribution in [0.25, 0.3) is 0 Å². The summed E-state index contributed by atoms with van der Waals surface area (Å²) in [5.41, 5.74) is 0.952. The van der Waals surface area contributed by atoms with Crippen LogP contribution in [0.5, 0.6) is 0 Å². The number of carbonyl (C=O) groups is 1. The van der Waals surface area contributed by atoms with Gasteiger partial charge in [0, 0.05) is 23.5 Å². The topological polar surface area (TPSA) is 62.2 Å². The van der Waals surface area contributed by atoms with E-state index in [0.29, 0.717) is 17.0 Å². The maximum Gasteiger partial charge on any atom is 0.253 e. The van der Waals surface area contributed by atoms with Crippen LogP contribution in [0.3, 0.4) is 0 Å². The van der Waals surface area contributed by atoms with Gasteiger partial charge in [-0.25, -0.2) is 0 Å². The largest absolute Gasteiger partial charge is 0.384 e. The van der Waals surface area contributed by atoms with E-state index in [1.165, 1.54) is 19.0 Å². The first-order valence-electron chi connectivity index (χ1n) is 6.40. The minimum atomic E-state index is -0.203. The van der Waals surface area contributed by atoms with Crippen LogP contribution < -0.4 is 5.32 Å². The molecule has 100 valence electrons. The molecule has 2 N–H and O–H groups in total. The Balaban J connectivity index is 2.10. The summed E-state index contributed by atoms with van der Waals surface area (Å²) in [4.78, 5) is 16.2. The molecule has 1 aliphatic rings. The normalized spacial score (nSPS) is 14.5. The summed E-state index contributed by atoms with van der Waals surface area (Å²) >= 11 is 0. The molecular formula is C15H18N2O2. The first-order valence-corrected chi connectivity index (χ1v) is 6.40. The number of rotatable bonds is 3. The van der Waals surface area contributed by atoms with E-state index in [4.69, 9.17) is 5.11 Å². The second-order valence-corrected chi connectivity index (χ2v) is 5.37. The summed E-state index contributed by atoms with van der Waals surface area (Å²) in [5.74, 6) is 5.73. The second kappa shape index (κ2) is 5.41. The smallest absolute Gasteiger partial charge is 0.253 e. The van der Waals surface area contributed by atoms with Gasteiger partial charge in [0.25, 0.3) is 5.91 Å². The summed E-state index contributed by atoms with van der Waals surface area (Å²) in [6, 6.07) is 1.69. The quantitative estimate of drug-likeness (QED) is 0.804. The molecule has 2 rings (SSSR count). The number of nitrogens with zero attached hydrogens (tertiary/aromatic N) is 1. The Kier molecular flexibility index (Phi) is 3.87. The lowest BCUT2D eigenvalue weighted by Crippen LogP contribution is -2.45. The van der Waals surface area contributed by atoms with Crippen molar-refractivity contribution in [2.24, 2.45) is 5.92 Å². The fourth-order valence-electron chi connectivity index (χ4n) is 2.05. The fraction of sp³-hybridized carbons (Fsp3) is 0.467. The zero-order valence-electron chi connectivity index (χ0n) is 11.2. The molecule has 0 unspecified atom stereocenters. The molecule has 4 nitrogen and oxygen atoms in total. The lowest BCUT2D eigenvalue weighted by atomic mass is 9.98. The number of aliphatic hydroxyl groups is 1. The molecule has 0 saturated heterocycles. The van der Waals surface area contributed by atoms with Gasteiger partial charge in [-0.3, -0.25) is 9.78 Å².